The number of allylic oxidation sites excluding steroid dienone is 5. The van der Waals surface area contributed by atoms with Gasteiger partial charge in [0.15, 0.2) is 0 Å². The van der Waals surface area contributed by atoms with Gasteiger partial charge in [0.1, 0.15) is 5.83 Å². The van der Waals surface area contributed by atoms with Crippen LogP contribution in [0.1, 0.15) is 44.4 Å². The number of aromatic nitrogens is 2. The third kappa shape index (κ3) is 6.87. The zero-order valence-corrected chi connectivity index (χ0v) is 14.6. The van der Waals surface area contributed by atoms with Crippen LogP contribution in [0.4, 0.5) is 4.39 Å². The first-order valence-corrected chi connectivity index (χ1v) is 8.11. The van der Waals surface area contributed by atoms with Gasteiger partial charge < -0.3 is 5.32 Å². The maximum absolute atomic E-state index is 12.7. The molecule has 0 aliphatic heterocycles. The summed E-state index contributed by atoms with van der Waals surface area (Å²) in [5.74, 6) is -0.343. The van der Waals surface area contributed by atoms with Crippen molar-refractivity contribution in [2.75, 3.05) is 6.54 Å². The summed E-state index contributed by atoms with van der Waals surface area (Å²) in [6, 6.07) is 1.82. The number of nitrogens with one attached hydrogen (secondary N) is 2. The molecule has 0 saturated heterocycles. The summed E-state index contributed by atoms with van der Waals surface area (Å²) in [7, 11) is 0. The van der Waals surface area contributed by atoms with Gasteiger partial charge in [-0.2, -0.15) is 5.10 Å². The van der Waals surface area contributed by atoms with E-state index in [1.807, 2.05) is 45.1 Å². The topological polar surface area (TPSA) is 57.8 Å². The molecule has 1 heterocycles. The molecule has 0 fully saturated rings. The molecule has 1 aromatic heterocycles. The molecule has 0 amide bonds. The van der Waals surface area contributed by atoms with Gasteiger partial charge >= 0.3 is 0 Å². The van der Waals surface area contributed by atoms with E-state index in [9.17, 15) is 9.18 Å². The van der Waals surface area contributed by atoms with Crippen molar-refractivity contribution >= 4 is 0 Å². The first kappa shape index (κ1) is 19.8. The lowest BCUT2D eigenvalue weighted by molar-refractivity contribution is 0.670. The number of halogens is 1. The van der Waals surface area contributed by atoms with Gasteiger partial charge in [-0.15, -0.1) is 0 Å². The first-order valence-electron chi connectivity index (χ1n) is 8.11. The van der Waals surface area contributed by atoms with Gasteiger partial charge in [-0.1, -0.05) is 44.7 Å². The molecule has 4 nitrogen and oxygen atoms in total. The van der Waals surface area contributed by atoms with Crippen molar-refractivity contribution in [2.45, 2.75) is 39.7 Å². The van der Waals surface area contributed by atoms with E-state index in [1.54, 1.807) is 6.08 Å². The second kappa shape index (κ2) is 10.5. The Hall–Kier alpha value is -2.27. The highest BCUT2D eigenvalue weighted by Crippen LogP contribution is 2.13. The van der Waals surface area contributed by atoms with E-state index < -0.39 is 5.83 Å². The van der Waals surface area contributed by atoms with Crippen molar-refractivity contribution in [1.82, 2.24) is 15.5 Å². The van der Waals surface area contributed by atoms with Crippen LogP contribution in [-0.2, 0) is 6.54 Å². The van der Waals surface area contributed by atoms with Gasteiger partial charge in [-0.25, -0.2) is 9.49 Å². The van der Waals surface area contributed by atoms with Crippen LogP contribution in [0.3, 0.4) is 0 Å². The number of rotatable bonds is 9. The molecule has 1 unspecified atom stereocenters. The number of nitrogens with zero attached hydrogens (tertiary/aromatic N) is 1. The first-order chi connectivity index (χ1) is 11.5. The molecule has 24 heavy (non-hydrogen) atoms. The van der Waals surface area contributed by atoms with Gasteiger partial charge in [-0.05, 0) is 31.1 Å². The third-order valence-electron chi connectivity index (χ3n) is 3.44. The highest BCUT2D eigenvalue weighted by Gasteiger charge is 2.07. The zero-order chi connectivity index (χ0) is 17.9. The van der Waals surface area contributed by atoms with Crippen molar-refractivity contribution in [1.29, 1.82) is 0 Å². The minimum absolute atomic E-state index is 0.139. The number of hydrogen-bond donors (Lipinski definition) is 2. The normalized spacial score (nSPS) is 13.8. The van der Waals surface area contributed by atoms with E-state index in [4.69, 9.17) is 0 Å². The summed E-state index contributed by atoms with van der Waals surface area (Å²) >= 11 is 0. The standard InChI is InChI=1S/C19H26FN3O/c1-5-7-14(3)18-11-17(19(24)23-22-18)13-21-12-16(8-6-2)10-9-15(4)20/h5,7-11,14,21H,4,6,12-13H2,1-3H3,(H,23,24)/b7-5-,10-9-,16-8+. The van der Waals surface area contributed by atoms with Crippen LogP contribution in [0, 0.1) is 0 Å². The smallest absolute Gasteiger partial charge is 0.268 e. The fraction of sp³-hybridized carbons (Fsp3) is 0.368. The highest BCUT2D eigenvalue weighted by atomic mass is 19.1. The molecule has 1 atom stereocenters. The fourth-order valence-electron chi connectivity index (χ4n) is 2.22. The molecule has 0 aliphatic rings. The van der Waals surface area contributed by atoms with Crippen LogP contribution >= 0.6 is 0 Å². The maximum Gasteiger partial charge on any atom is 0.268 e. The van der Waals surface area contributed by atoms with Crippen molar-refractivity contribution in [3.05, 3.63) is 76.0 Å². The zero-order valence-electron chi connectivity index (χ0n) is 14.6. The summed E-state index contributed by atoms with van der Waals surface area (Å²) in [5, 5.41) is 9.84. The van der Waals surface area contributed by atoms with E-state index >= 15 is 0 Å². The van der Waals surface area contributed by atoms with Crippen LogP contribution in [-0.4, -0.2) is 16.7 Å². The predicted molar refractivity (Wildman–Crippen MR) is 97.6 cm³/mol. The van der Waals surface area contributed by atoms with Crippen molar-refractivity contribution in [2.24, 2.45) is 0 Å². The Morgan fingerprint density at radius 3 is 2.88 bits per heavy atom. The molecule has 0 bridgehead atoms. The molecular formula is C19H26FN3O. The fourth-order valence-corrected chi connectivity index (χ4v) is 2.22. The summed E-state index contributed by atoms with van der Waals surface area (Å²) in [6.45, 7) is 10.2. The van der Waals surface area contributed by atoms with E-state index in [2.05, 4.69) is 22.1 Å². The van der Waals surface area contributed by atoms with E-state index in [-0.39, 0.29) is 11.5 Å². The Morgan fingerprint density at radius 1 is 1.50 bits per heavy atom. The summed E-state index contributed by atoms with van der Waals surface area (Å²) < 4.78 is 12.7. The predicted octanol–water partition coefficient (Wildman–Crippen LogP) is 3.91. The van der Waals surface area contributed by atoms with Gasteiger partial charge in [-0.3, -0.25) is 4.79 Å². The Labute approximate surface area is 142 Å². The monoisotopic (exact) mass is 331 g/mol. The van der Waals surface area contributed by atoms with Crippen LogP contribution < -0.4 is 10.9 Å². The molecule has 2 N–H and O–H groups in total. The largest absolute Gasteiger partial charge is 0.308 e. The molecule has 0 spiro atoms. The van der Waals surface area contributed by atoms with E-state index in [1.165, 1.54) is 6.08 Å². The van der Waals surface area contributed by atoms with Gasteiger partial charge in [0.05, 0.1) is 5.69 Å². The minimum Gasteiger partial charge on any atom is -0.308 e. The lowest BCUT2D eigenvalue weighted by Gasteiger charge is -2.09. The molecule has 1 aromatic rings. The van der Waals surface area contributed by atoms with Gasteiger partial charge in [0, 0.05) is 24.6 Å². The molecule has 130 valence electrons. The van der Waals surface area contributed by atoms with Crippen LogP contribution in [0.2, 0.25) is 0 Å². The van der Waals surface area contributed by atoms with E-state index in [0.29, 0.717) is 18.7 Å². The lowest BCUT2D eigenvalue weighted by Crippen LogP contribution is -2.24. The Bertz CT molecular complexity index is 686. The SMILES string of the molecule is C=C(F)/C=C\C(=C/CC)CNCc1cc(C(C)/C=C\C)n[nH]c1=O. The molecule has 0 aromatic carbocycles. The van der Waals surface area contributed by atoms with Crippen LogP contribution in [0.25, 0.3) is 0 Å². The van der Waals surface area contributed by atoms with E-state index in [0.717, 1.165) is 17.7 Å². The summed E-state index contributed by atoms with van der Waals surface area (Å²) in [4.78, 5) is 11.9. The summed E-state index contributed by atoms with van der Waals surface area (Å²) in [6.07, 6.45) is 9.86. The van der Waals surface area contributed by atoms with Crippen LogP contribution in [0.15, 0.2) is 59.2 Å². The molecule has 5 heteroatoms. The van der Waals surface area contributed by atoms with Crippen molar-refractivity contribution in [3.63, 3.8) is 0 Å². The van der Waals surface area contributed by atoms with Gasteiger partial charge in [0.25, 0.3) is 5.56 Å². The van der Waals surface area contributed by atoms with Gasteiger partial charge in [0.2, 0.25) is 0 Å². The summed E-state index contributed by atoms with van der Waals surface area (Å²) in [5.41, 5.74) is 2.20. The second-order valence-electron chi connectivity index (χ2n) is 5.53. The number of hydrogen-bond acceptors (Lipinski definition) is 3. The molecule has 1 rings (SSSR count). The molecule has 0 saturated carbocycles. The second-order valence-corrected chi connectivity index (χ2v) is 5.53. The Kier molecular flexibility index (Phi) is 8.65. The quantitative estimate of drug-likeness (QED) is 0.533. The highest BCUT2D eigenvalue weighted by molar-refractivity contribution is 5.25. The number of aromatic amines is 1. The number of H-pyrrole nitrogens is 1. The average Bonchev–Trinajstić information content (AvgIpc) is 2.54. The minimum atomic E-state index is -0.481. The maximum atomic E-state index is 12.7. The molecular weight excluding hydrogens is 305 g/mol. The molecule has 0 radical (unpaired) electrons. The molecule has 0 aliphatic carbocycles. The Morgan fingerprint density at radius 2 is 2.25 bits per heavy atom. The Balaban J connectivity index is 2.76. The third-order valence-corrected chi connectivity index (χ3v) is 3.44. The van der Waals surface area contributed by atoms with Crippen LogP contribution in [0.5, 0.6) is 0 Å². The van der Waals surface area contributed by atoms with Crippen molar-refractivity contribution in [3.8, 4) is 0 Å². The average molecular weight is 331 g/mol. The lowest BCUT2D eigenvalue weighted by atomic mass is 10.1. The van der Waals surface area contributed by atoms with Crippen molar-refractivity contribution < 1.29 is 4.39 Å².